The Morgan fingerprint density at radius 2 is 1.95 bits per heavy atom. The first-order valence-electron chi connectivity index (χ1n) is 7.69. The quantitative estimate of drug-likeness (QED) is 0.818. The van der Waals surface area contributed by atoms with Crippen LogP contribution in [0.25, 0.3) is 0 Å². The van der Waals surface area contributed by atoms with Crippen LogP contribution in [0.3, 0.4) is 0 Å². The standard InChI is InChI=1S/C14H24N2O3S/c1-2-16(11-5-6-20(18,19)8-11)14(17)12-9-3-4-10(7-9)13(12)15/h9-13H,2-8,15H2,1H3. The lowest BCUT2D eigenvalue weighted by atomic mass is 9.83. The highest BCUT2D eigenvalue weighted by Crippen LogP contribution is 2.48. The van der Waals surface area contributed by atoms with Crippen LogP contribution < -0.4 is 5.73 Å². The molecular formula is C14H24N2O3S. The molecule has 6 heteroatoms. The van der Waals surface area contributed by atoms with Crippen LogP contribution in [0.15, 0.2) is 0 Å². The summed E-state index contributed by atoms with van der Waals surface area (Å²) >= 11 is 0. The van der Waals surface area contributed by atoms with Gasteiger partial charge in [0, 0.05) is 18.6 Å². The van der Waals surface area contributed by atoms with Gasteiger partial charge in [0.05, 0.1) is 17.4 Å². The van der Waals surface area contributed by atoms with Gasteiger partial charge in [-0.2, -0.15) is 0 Å². The molecule has 0 aromatic rings. The summed E-state index contributed by atoms with van der Waals surface area (Å²) in [6.45, 7) is 2.52. The van der Waals surface area contributed by atoms with Crippen LogP contribution in [0, 0.1) is 17.8 Å². The molecule has 0 radical (unpaired) electrons. The number of amides is 1. The third-order valence-corrected chi connectivity index (χ3v) is 7.29. The van der Waals surface area contributed by atoms with E-state index in [9.17, 15) is 13.2 Å². The van der Waals surface area contributed by atoms with E-state index in [1.165, 1.54) is 0 Å². The monoisotopic (exact) mass is 300 g/mol. The lowest BCUT2D eigenvalue weighted by Crippen LogP contribution is -2.50. The molecule has 5 unspecified atom stereocenters. The molecule has 3 fully saturated rings. The van der Waals surface area contributed by atoms with Gasteiger partial charge in [-0.25, -0.2) is 8.42 Å². The zero-order chi connectivity index (χ0) is 14.5. The van der Waals surface area contributed by atoms with Gasteiger partial charge in [0.1, 0.15) is 0 Å². The van der Waals surface area contributed by atoms with E-state index in [1.807, 2.05) is 6.92 Å². The largest absolute Gasteiger partial charge is 0.339 e. The molecule has 114 valence electrons. The predicted molar refractivity (Wildman–Crippen MR) is 76.7 cm³/mol. The summed E-state index contributed by atoms with van der Waals surface area (Å²) < 4.78 is 23.3. The van der Waals surface area contributed by atoms with Crippen molar-refractivity contribution < 1.29 is 13.2 Å². The Balaban J connectivity index is 1.75. The number of fused-ring (bicyclic) bond motifs is 2. The Labute approximate surface area is 120 Å². The third kappa shape index (κ3) is 2.26. The summed E-state index contributed by atoms with van der Waals surface area (Å²) in [4.78, 5) is 14.6. The lowest BCUT2D eigenvalue weighted by Gasteiger charge is -2.35. The number of carbonyl (C=O) groups excluding carboxylic acids is 1. The van der Waals surface area contributed by atoms with E-state index in [0.29, 0.717) is 24.8 Å². The molecule has 1 amide bonds. The highest BCUT2D eigenvalue weighted by Gasteiger charge is 2.51. The molecule has 1 heterocycles. The number of carbonyl (C=O) groups is 1. The van der Waals surface area contributed by atoms with E-state index < -0.39 is 9.84 Å². The summed E-state index contributed by atoms with van der Waals surface area (Å²) in [5, 5.41) is 0. The van der Waals surface area contributed by atoms with Gasteiger partial charge < -0.3 is 10.6 Å². The van der Waals surface area contributed by atoms with Crippen LogP contribution in [0.1, 0.15) is 32.6 Å². The number of hydrogen-bond donors (Lipinski definition) is 1. The minimum absolute atomic E-state index is 0.0201. The molecular weight excluding hydrogens is 276 g/mol. The molecule has 1 aliphatic heterocycles. The van der Waals surface area contributed by atoms with Gasteiger partial charge in [-0.3, -0.25) is 4.79 Å². The van der Waals surface area contributed by atoms with Crippen LogP contribution >= 0.6 is 0 Å². The molecule has 0 spiro atoms. The molecule has 2 saturated carbocycles. The zero-order valence-electron chi connectivity index (χ0n) is 12.0. The predicted octanol–water partition coefficient (Wildman–Crippen LogP) is 0.395. The van der Waals surface area contributed by atoms with E-state index in [1.54, 1.807) is 4.90 Å². The Bertz CT molecular complexity index is 503. The van der Waals surface area contributed by atoms with Crippen molar-refractivity contribution in [2.45, 2.75) is 44.7 Å². The maximum absolute atomic E-state index is 12.8. The van der Waals surface area contributed by atoms with Crippen molar-refractivity contribution in [3.8, 4) is 0 Å². The zero-order valence-corrected chi connectivity index (χ0v) is 12.8. The minimum atomic E-state index is -2.96. The second-order valence-corrected chi connectivity index (χ2v) is 8.85. The molecule has 5 atom stereocenters. The van der Waals surface area contributed by atoms with E-state index in [-0.39, 0.29) is 35.4 Å². The fourth-order valence-corrected chi connectivity index (χ4v) is 6.24. The topological polar surface area (TPSA) is 80.5 Å². The summed E-state index contributed by atoms with van der Waals surface area (Å²) in [5.74, 6) is 1.30. The average Bonchev–Trinajstić information content (AvgIpc) is 3.04. The fraction of sp³-hybridized carbons (Fsp3) is 0.929. The van der Waals surface area contributed by atoms with Crippen LogP contribution in [-0.4, -0.2) is 49.4 Å². The van der Waals surface area contributed by atoms with Gasteiger partial charge in [-0.05, 0) is 44.4 Å². The maximum Gasteiger partial charge on any atom is 0.227 e. The second kappa shape index (κ2) is 4.98. The van der Waals surface area contributed by atoms with Gasteiger partial charge in [-0.15, -0.1) is 0 Å². The molecule has 2 bridgehead atoms. The Kier molecular flexibility index (Phi) is 3.57. The van der Waals surface area contributed by atoms with Crippen LogP contribution in [0.5, 0.6) is 0 Å². The highest BCUT2D eigenvalue weighted by molar-refractivity contribution is 7.91. The smallest absolute Gasteiger partial charge is 0.227 e. The average molecular weight is 300 g/mol. The van der Waals surface area contributed by atoms with Crippen molar-refractivity contribution in [2.24, 2.45) is 23.5 Å². The summed E-state index contributed by atoms with van der Waals surface area (Å²) in [6.07, 6.45) is 3.92. The number of hydrogen-bond acceptors (Lipinski definition) is 4. The molecule has 5 nitrogen and oxygen atoms in total. The third-order valence-electron chi connectivity index (χ3n) is 5.54. The second-order valence-electron chi connectivity index (χ2n) is 6.62. The molecule has 2 N–H and O–H groups in total. The Hall–Kier alpha value is -0.620. The highest BCUT2D eigenvalue weighted by atomic mass is 32.2. The van der Waals surface area contributed by atoms with Crippen molar-refractivity contribution in [1.29, 1.82) is 0 Å². The number of sulfone groups is 1. The van der Waals surface area contributed by atoms with Crippen molar-refractivity contribution in [2.75, 3.05) is 18.1 Å². The van der Waals surface area contributed by atoms with E-state index in [0.717, 1.165) is 19.3 Å². The van der Waals surface area contributed by atoms with E-state index in [4.69, 9.17) is 5.73 Å². The van der Waals surface area contributed by atoms with E-state index in [2.05, 4.69) is 0 Å². The van der Waals surface area contributed by atoms with Gasteiger partial charge in [0.25, 0.3) is 0 Å². The van der Waals surface area contributed by atoms with Gasteiger partial charge in [0.15, 0.2) is 9.84 Å². The Morgan fingerprint density at radius 3 is 2.45 bits per heavy atom. The van der Waals surface area contributed by atoms with Crippen molar-refractivity contribution in [1.82, 2.24) is 4.90 Å². The molecule has 1 saturated heterocycles. The maximum atomic E-state index is 12.8. The Morgan fingerprint density at radius 1 is 1.25 bits per heavy atom. The minimum Gasteiger partial charge on any atom is -0.339 e. The number of nitrogens with two attached hydrogens (primary N) is 1. The van der Waals surface area contributed by atoms with Crippen LogP contribution in [0.4, 0.5) is 0 Å². The van der Waals surface area contributed by atoms with Crippen LogP contribution in [-0.2, 0) is 14.6 Å². The molecule has 20 heavy (non-hydrogen) atoms. The molecule has 0 aromatic heterocycles. The van der Waals surface area contributed by atoms with Gasteiger partial charge in [-0.1, -0.05) is 0 Å². The molecule has 2 aliphatic carbocycles. The number of nitrogens with zero attached hydrogens (tertiary/aromatic N) is 1. The van der Waals surface area contributed by atoms with Crippen molar-refractivity contribution >= 4 is 15.7 Å². The van der Waals surface area contributed by atoms with Crippen LogP contribution in [0.2, 0.25) is 0 Å². The normalized spacial score (nSPS) is 42.0. The number of rotatable bonds is 3. The van der Waals surface area contributed by atoms with Gasteiger partial charge in [0.2, 0.25) is 5.91 Å². The first-order chi connectivity index (χ1) is 9.43. The molecule has 0 aromatic carbocycles. The van der Waals surface area contributed by atoms with Crippen molar-refractivity contribution in [3.05, 3.63) is 0 Å². The van der Waals surface area contributed by atoms with Gasteiger partial charge >= 0.3 is 0 Å². The molecule has 3 aliphatic rings. The fourth-order valence-electron chi connectivity index (χ4n) is 4.51. The van der Waals surface area contributed by atoms with Crippen molar-refractivity contribution in [3.63, 3.8) is 0 Å². The SMILES string of the molecule is CCN(C(=O)C1C2CCC(C2)C1N)C1CCS(=O)(=O)C1. The molecule has 3 rings (SSSR count). The lowest BCUT2D eigenvalue weighted by molar-refractivity contribution is -0.139. The summed E-state index contributed by atoms with van der Waals surface area (Å²) in [5.41, 5.74) is 6.24. The summed E-state index contributed by atoms with van der Waals surface area (Å²) in [7, 11) is -2.96. The summed E-state index contributed by atoms with van der Waals surface area (Å²) in [6, 6.07) is -0.155. The first kappa shape index (κ1) is 14.3. The first-order valence-corrected chi connectivity index (χ1v) is 9.51. The van der Waals surface area contributed by atoms with E-state index >= 15 is 0 Å².